The van der Waals surface area contributed by atoms with Gasteiger partial charge in [0.2, 0.25) is 0 Å². The van der Waals surface area contributed by atoms with Gasteiger partial charge >= 0.3 is 12.1 Å². The van der Waals surface area contributed by atoms with Crippen LogP contribution < -0.4 is 9.47 Å². The van der Waals surface area contributed by atoms with E-state index >= 15 is 0 Å². The van der Waals surface area contributed by atoms with Gasteiger partial charge in [-0.2, -0.15) is 13.2 Å². The van der Waals surface area contributed by atoms with E-state index in [1.165, 1.54) is 6.92 Å². The van der Waals surface area contributed by atoms with Gasteiger partial charge in [-0.3, -0.25) is 0 Å². The Morgan fingerprint density at radius 1 is 1.24 bits per heavy atom. The third-order valence-corrected chi connectivity index (χ3v) is 2.66. The van der Waals surface area contributed by atoms with Crippen LogP contribution >= 0.6 is 0 Å². The Morgan fingerprint density at radius 3 is 2.24 bits per heavy atom. The number of aliphatic hydroxyl groups is 1. The van der Waals surface area contributed by atoms with Crippen molar-refractivity contribution >= 4 is 5.97 Å². The quantitative estimate of drug-likeness (QED) is 0.846. The zero-order valence-electron chi connectivity index (χ0n) is 11.7. The summed E-state index contributed by atoms with van der Waals surface area (Å²) in [7, 11) is 2.15. The van der Waals surface area contributed by atoms with Gasteiger partial charge in [-0.25, -0.2) is 4.79 Å². The summed E-state index contributed by atoms with van der Waals surface area (Å²) < 4.78 is 52.8. The van der Waals surface area contributed by atoms with Crippen LogP contribution in [-0.4, -0.2) is 31.9 Å². The number of halogens is 3. The number of ether oxygens (including phenoxy) is 3. The van der Waals surface area contributed by atoms with E-state index in [0.717, 1.165) is 20.3 Å². The number of methoxy groups -OCH3 is 2. The predicted octanol–water partition coefficient (Wildman–Crippen LogP) is 2.32. The Labute approximate surface area is 119 Å². The highest BCUT2D eigenvalue weighted by Crippen LogP contribution is 2.44. The first kappa shape index (κ1) is 17.1. The number of aliphatic hydroxyl groups excluding tert-OH is 1. The molecule has 5 nitrogen and oxygen atoms in total. The van der Waals surface area contributed by atoms with Gasteiger partial charge in [0.1, 0.15) is 5.56 Å². The van der Waals surface area contributed by atoms with E-state index in [0.29, 0.717) is 6.07 Å². The first-order valence-electron chi connectivity index (χ1n) is 5.94. The Hall–Kier alpha value is -1.96. The zero-order chi connectivity index (χ0) is 16.2. The van der Waals surface area contributed by atoms with Gasteiger partial charge in [-0.05, 0) is 13.0 Å². The summed E-state index contributed by atoms with van der Waals surface area (Å²) in [5, 5.41) is 9.85. The van der Waals surface area contributed by atoms with Gasteiger partial charge in [-0.15, -0.1) is 0 Å². The van der Waals surface area contributed by atoms with Gasteiger partial charge in [0.05, 0.1) is 20.8 Å². The van der Waals surface area contributed by atoms with E-state index in [1.54, 1.807) is 0 Å². The second-order valence-electron chi connectivity index (χ2n) is 3.92. The van der Waals surface area contributed by atoms with Crippen molar-refractivity contribution in [3.63, 3.8) is 0 Å². The van der Waals surface area contributed by atoms with Crippen LogP contribution in [0, 0.1) is 0 Å². The second-order valence-corrected chi connectivity index (χ2v) is 3.92. The normalized spacial score (nSPS) is 12.7. The predicted molar refractivity (Wildman–Crippen MR) is 66.1 cm³/mol. The molecular weight excluding hydrogens is 293 g/mol. The number of hydrogen-bond acceptors (Lipinski definition) is 5. The fourth-order valence-electron chi connectivity index (χ4n) is 1.78. The number of hydrogen-bond donors (Lipinski definition) is 1. The zero-order valence-corrected chi connectivity index (χ0v) is 11.7. The molecule has 0 saturated carbocycles. The molecule has 0 fully saturated rings. The van der Waals surface area contributed by atoms with Gasteiger partial charge in [-0.1, -0.05) is 6.07 Å². The number of carbonyl (C=O) groups is 1. The van der Waals surface area contributed by atoms with E-state index in [-0.39, 0.29) is 17.9 Å². The molecule has 0 spiro atoms. The summed E-state index contributed by atoms with van der Waals surface area (Å²) in [6.07, 6.45) is -6.43. The summed E-state index contributed by atoms with van der Waals surface area (Å²) in [5.74, 6) is -1.96. The summed E-state index contributed by atoms with van der Waals surface area (Å²) in [6.45, 7) is 1.56. The molecule has 1 rings (SSSR count). The molecule has 1 N–H and O–H groups in total. The summed E-state index contributed by atoms with van der Waals surface area (Å²) in [6, 6.07) is 1.66. The first-order chi connectivity index (χ1) is 9.77. The van der Waals surface area contributed by atoms with Crippen molar-refractivity contribution in [1.82, 2.24) is 0 Å². The highest BCUT2D eigenvalue weighted by atomic mass is 19.4. The average molecular weight is 308 g/mol. The number of esters is 1. The molecule has 0 heterocycles. The smallest absolute Gasteiger partial charge is 0.420 e. The topological polar surface area (TPSA) is 65.0 Å². The van der Waals surface area contributed by atoms with Crippen molar-refractivity contribution in [1.29, 1.82) is 0 Å². The van der Waals surface area contributed by atoms with Gasteiger partial charge in [0.15, 0.2) is 17.6 Å². The Balaban J connectivity index is 3.39. The molecule has 0 aliphatic carbocycles. The van der Waals surface area contributed by atoms with Crippen LogP contribution in [0.5, 0.6) is 11.5 Å². The molecule has 1 unspecified atom stereocenters. The van der Waals surface area contributed by atoms with Gasteiger partial charge in [0, 0.05) is 5.56 Å². The molecular formula is C13H15F3O5. The molecule has 1 aromatic rings. The van der Waals surface area contributed by atoms with Crippen molar-refractivity contribution in [3.8, 4) is 11.5 Å². The average Bonchev–Trinajstić information content (AvgIpc) is 2.43. The van der Waals surface area contributed by atoms with E-state index in [4.69, 9.17) is 9.47 Å². The number of rotatable bonds is 5. The lowest BCUT2D eigenvalue weighted by atomic mass is 10.0. The maximum absolute atomic E-state index is 12.9. The van der Waals surface area contributed by atoms with E-state index < -0.39 is 29.6 Å². The highest BCUT2D eigenvalue weighted by Gasteiger charge is 2.38. The molecule has 8 heteroatoms. The largest absolute Gasteiger partial charge is 0.492 e. The first-order valence-corrected chi connectivity index (χ1v) is 5.94. The van der Waals surface area contributed by atoms with Crippen molar-refractivity contribution < 1.29 is 37.3 Å². The minimum Gasteiger partial charge on any atom is -0.492 e. The Morgan fingerprint density at radius 2 is 1.81 bits per heavy atom. The Kier molecular flexibility index (Phi) is 5.42. The molecule has 0 aromatic heterocycles. The van der Waals surface area contributed by atoms with Crippen molar-refractivity contribution in [2.45, 2.75) is 19.2 Å². The lowest BCUT2D eigenvalue weighted by Crippen LogP contribution is -2.17. The van der Waals surface area contributed by atoms with E-state index in [2.05, 4.69) is 4.74 Å². The summed E-state index contributed by atoms with van der Waals surface area (Å²) in [4.78, 5) is 11.5. The SMILES string of the molecule is CCOC(=O)C(O)c1ccc(C(F)(F)F)c(OC)c1OC. The van der Waals surface area contributed by atoms with Crippen LogP contribution in [-0.2, 0) is 15.7 Å². The van der Waals surface area contributed by atoms with Crippen molar-refractivity contribution in [3.05, 3.63) is 23.3 Å². The minimum absolute atomic E-state index is 0.0238. The monoisotopic (exact) mass is 308 g/mol. The second kappa shape index (κ2) is 6.66. The fourth-order valence-corrected chi connectivity index (χ4v) is 1.78. The Bertz CT molecular complexity index is 513. The van der Waals surface area contributed by atoms with Crippen molar-refractivity contribution in [2.24, 2.45) is 0 Å². The van der Waals surface area contributed by atoms with Crippen LogP contribution in [0.15, 0.2) is 12.1 Å². The molecule has 0 aliphatic heterocycles. The van der Waals surface area contributed by atoms with Crippen LogP contribution in [0.25, 0.3) is 0 Å². The standard InChI is InChI=1S/C13H15F3O5/c1-4-21-12(18)9(17)7-5-6-8(13(14,15)16)11(20-3)10(7)19-2/h5-6,9,17H,4H2,1-3H3. The maximum atomic E-state index is 12.9. The van der Waals surface area contributed by atoms with Crippen LogP contribution in [0.2, 0.25) is 0 Å². The van der Waals surface area contributed by atoms with E-state index in [1.807, 2.05) is 0 Å². The molecule has 21 heavy (non-hydrogen) atoms. The van der Waals surface area contributed by atoms with E-state index in [9.17, 15) is 23.1 Å². The fraction of sp³-hybridized carbons (Fsp3) is 0.462. The molecule has 0 bridgehead atoms. The molecule has 118 valence electrons. The lowest BCUT2D eigenvalue weighted by molar-refractivity contribution is -0.153. The number of carbonyl (C=O) groups excluding carboxylic acids is 1. The number of alkyl halides is 3. The van der Waals surface area contributed by atoms with Crippen molar-refractivity contribution in [2.75, 3.05) is 20.8 Å². The van der Waals surface area contributed by atoms with Crippen LogP contribution in [0.3, 0.4) is 0 Å². The summed E-state index contributed by atoms with van der Waals surface area (Å²) in [5.41, 5.74) is -1.23. The molecule has 0 aliphatic rings. The maximum Gasteiger partial charge on any atom is 0.420 e. The van der Waals surface area contributed by atoms with Crippen LogP contribution in [0.4, 0.5) is 13.2 Å². The number of benzene rings is 1. The van der Waals surface area contributed by atoms with Gasteiger partial charge in [0.25, 0.3) is 0 Å². The van der Waals surface area contributed by atoms with Gasteiger partial charge < -0.3 is 19.3 Å². The minimum atomic E-state index is -4.66. The molecule has 0 radical (unpaired) electrons. The lowest BCUT2D eigenvalue weighted by Gasteiger charge is -2.19. The molecule has 1 aromatic carbocycles. The highest BCUT2D eigenvalue weighted by molar-refractivity contribution is 5.78. The molecule has 1 atom stereocenters. The van der Waals surface area contributed by atoms with Crippen LogP contribution in [0.1, 0.15) is 24.2 Å². The third kappa shape index (κ3) is 3.57. The molecule has 0 amide bonds. The third-order valence-electron chi connectivity index (χ3n) is 2.66. The summed E-state index contributed by atoms with van der Waals surface area (Å²) >= 11 is 0. The molecule has 0 saturated heterocycles.